The second-order valence-electron chi connectivity index (χ2n) is 4.94. The second-order valence-corrected chi connectivity index (χ2v) is 4.94. The highest BCUT2D eigenvalue weighted by Gasteiger charge is 2.27. The molecular formula is C17H15N3O3. The summed E-state index contributed by atoms with van der Waals surface area (Å²) in [6.07, 6.45) is 0.0663. The molecule has 0 aromatic heterocycles. The van der Waals surface area contributed by atoms with Gasteiger partial charge < -0.3 is 4.74 Å². The highest BCUT2D eigenvalue weighted by atomic mass is 16.5. The van der Waals surface area contributed by atoms with Gasteiger partial charge in [0.25, 0.3) is 5.91 Å². The number of carbonyl (C=O) groups excluding carboxylic acids is 2. The predicted molar refractivity (Wildman–Crippen MR) is 86.4 cm³/mol. The van der Waals surface area contributed by atoms with Gasteiger partial charge in [0.2, 0.25) is 5.91 Å². The Hall–Kier alpha value is -3.15. The van der Waals surface area contributed by atoms with Crippen LogP contribution in [-0.4, -0.2) is 24.8 Å². The van der Waals surface area contributed by atoms with Crippen LogP contribution in [0.4, 0.5) is 5.69 Å². The van der Waals surface area contributed by atoms with E-state index in [-0.39, 0.29) is 12.3 Å². The summed E-state index contributed by atoms with van der Waals surface area (Å²) >= 11 is 0. The van der Waals surface area contributed by atoms with Crippen LogP contribution in [0.3, 0.4) is 0 Å². The second kappa shape index (κ2) is 6.31. The fourth-order valence-corrected chi connectivity index (χ4v) is 2.25. The number of nitrogens with one attached hydrogen (secondary N) is 1. The molecule has 0 saturated carbocycles. The molecule has 0 radical (unpaired) electrons. The standard InChI is InChI=1S/C17H15N3O3/c1-23-14-9-7-12(8-10-14)17(22)18-15-11-16(21)19-20(15)13-5-3-2-4-6-13/h2-10H,11H2,1H3,(H,19,21). The van der Waals surface area contributed by atoms with Gasteiger partial charge in [0.05, 0.1) is 19.2 Å². The normalized spacial score (nSPS) is 15.6. The van der Waals surface area contributed by atoms with Crippen molar-refractivity contribution in [3.05, 3.63) is 60.2 Å². The molecule has 2 amide bonds. The summed E-state index contributed by atoms with van der Waals surface area (Å²) in [5.74, 6) is 0.440. The predicted octanol–water partition coefficient (Wildman–Crippen LogP) is 2.18. The van der Waals surface area contributed by atoms with Gasteiger partial charge in [0, 0.05) is 5.56 Å². The lowest BCUT2D eigenvalue weighted by Gasteiger charge is -2.17. The van der Waals surface area contributed by atoms with E-state index in [1.54, 1.807) is 31.4 Å². The zero-order valence-electron chi connectivity index (χ0n) is 12.5. The smallest absolute Gasteiger partial charge is 0.278 e. The van der Waals surface area contributed by atoms with E-state index in [0.717, 1.165) is 5.69 Å². The third-order valence-electron chi connectivity index (χ3n) is 3.40. The van der Waals surface area contributed by atoms with Crippen molar-refractivity contribution < 1.29 is 14.3 Å². The Morgan fingerprint density at radius 2 is 1.83 bits per heavy atom. The zero-order chi connectivity index (χ0) is 16.2. The SMILES string of the molecule is COc1ccc(C(=O)N=C2CC(=O)NN2c2ccccc2)cc1. The van der Waals surface area contributed by atoms with E-state index in [1.165, 1.54) is 5.01 Å². The number of ether oxygens (including phenoxy) is 1. The van der Waals surface area contributed by atoms with E-state index in [9.17, 15) is 9.59 Å². The first-order valence-corrected chi connectivity index (χ1v) is 7.08. The third-order valence-corrected chi connectivity index (χ3v) is 3.40. The molecule has 0 unspecified atom stereocenters. The molecule has 0 aliphatic carbocycles. The first-order chi connectivity index (χ1) is 11.2. The molecule has 1 N–H and O–H groups in total. The monoisotopic (exact) mass is 309 g/mol. The Labute approximate surface area is 133 Å². The molecule has 1 saturated heterocycles. The van der Waals surface area contributed by atoms with E-state index in [4.69, 9.17) is 4.74 Å². The summed E-state index contributed by atoms with van der Waals surface area (Å²) in [5.41, 5.74) is 3.87. The number of amidine groups is 1. The van der Waals surface area contributed by atoms with Crippen molar-refractivity contribution in [2.24, 2.45) is 4.99 Å². The summed E-state index contributed by atoms with van der Waals surface area (Å²) in [7, 11) is 1.56. The van der Waals surface area contributed by atoms with Gasteiger partial charge in [0.15, 0.2) is 0 Å². The summed E-state index contributed by atoms with van der Waals surface area (Å²) in [5, 5.41) is 1.53. The van der Waals surface area contributed by atoms with Crippen LogP contribution in [0.1, 0.15) is 16.8 Å². The van der Waals surface area contributed by atoms with Gasteiger partial charge >= 0.3 is 0 Å². The molecule has 1 aliphatic heterocycles. The van der Waals surface area contributed by atoms with Crippen LogP contribution in [-0.2, 0) is 4.79 Å². The molecule has 2 aromatic carbocycles. The fourth-order valence-electron chi connectivity index (χ4n) is 2.25. The van der Waals surface area contributed by atoms with E-state index in [1.807, 2.05) is 30.3 Å². The van der Waals surface area contributed by atoms with E-state index >= 15 is 0 Å². The summed E-state index contributed by atoms with van der Waals surface area (Å²) in [6.45, 7) is 0. The van der Waals surface area contributed by atoms with Crippen LogP contribution in [0.25, 0.3) is 0 Å². The van der Waals surface area contributed by atoms with Gasteiger partial charge in [-0.25, -0.2) is 5.01 Å². The van der Waals surface area contributed by atoms with Crippen molar-refractivity contribution >= 4 is 23.3 Å². The Bertz CT molecular complexity index is 754. The topological polar surface area (TPSA) is 71.0 Å². The van der Waals surface area contributed by atoms with Crippen molar-refractivity contribution in [2.45, 2.75) is 6.42 Å². The zero-order valence-corrected chi connectivity index (χ0v) is 12.5. The number of methoxy groups -OCH3 is 1. The highest BCUT2D eigenvalue weighted by Crippen LogP contribution is 2.18. The number of carbonyl (C=O) groups is 2. The van der Waals surface area contributed by atoms with Crippen LogP contribution < -0.4 is 15.2 Å². The molecule has 23 heavy (non-hydrogen) atoms. The summed E-state index contributed by atoms with van der Waals surface area (Å²) in [4.78, 5) is 28.1. The molecule has 116 valence electrons. The fraction of sp³-hybridized carbons (Fsp3) is 0.118. The molecule has 2 aromatic rings. The van der Waals surface area contributed by atoms with Gasteiger partial charge in [-0.05, 0) is 36.4 Å². The minimum atomic E-state index is -0.403. The molecule has 3 rings (SSSR count). The minimum absolute atomic E-state index is 0.0663. The average molecular weight is 309 g/mol. The van der Waals surface area contributed by atoms with Crippen LogP contribution in [0.2, 0.25) is 0 Å². The van der Waals surface area contributed by atoms with Crippen molar-refractivity contribution in [3.8, 4) is 5.75 Å². The van der Waals surface area contributed by atoms with Crippen molar-refractivity contribution in [1.82, 2.24) is 5.43 Å². The molecule has 6 heteroatoms. The number of hydrazine groups is 1. The number of hydrogen-bond acceptors (Lipinski definition) is 3. The van der Waals surface area contributed by atoms with Crippen molar-refractivity contribution in [2.75, 3.05) is 12.1 Å². The summed E-state index contributed by atoms with van der Waals surface area (Å²) in [6, 6.07) is 15.9. The van der Waals surface area contributed by atoms with Crippen molar-refractivity contribution in [3.63, 3.8) is 0 Å². The Morgan fingerprint density at radius 3 is 2.48 bits per heavy atom. The molecule has 0 spiro atoms. The average Bonchev–Trinajstić information content (AvgIpc) is 2.96. The molecule has 1 fully saturated rings. The Balaban J connectivity index is 1.86. The minimum Gasteiger partial charge on any atom is -0.497 e. The van der Waals surface area contributed by atoms with E-state index < -0.39 is 5.91 Å². The number of hydrogen-bond donors (Lipinski definition) is 1. The molecular weight excluding hydrogens is 294 g/mol. The number of anilines is 1. The first kappa shape index (κ1) is 14.8. The van der Waals surface area contributed by atoms with Gasteiger partial charge in [-0.3, -0.25) is 15.0 Å². The van der Waals surface area contributed by atoms with Crippen molar-refractivity contribution in [1.29, 1.82) is 0 Å². The van der Waals surface area contributed by atoms with Gasteiger partial charge in [-0.15, -0.1) is 0 Å². The lowest BCUT2D eigenvalue weighted by molar-refractivity contribution is -0.118. The molecule has 6 nitrogen and oxygen atoms in total. The van der Waals surface area contributed by atoms with Crippen LogP contribution >= 0.6 is 0 Å². The lowest BCUT2D eigenvalue weighted by atomic mass is 10.2. The van der Waals surface area contributed by atoms with Crippen LogP contribution in [0, 0.1) is 0 Å². The number of benzene rings is 2. The van der Waals surface area contributed by atoms with Gasteiger partial charge in [0.1, 0.15) is 11.6 Å². The highest BCUT2D eigenvalue weighted by molar-refractivity contribution is 6.18. The molecule has 1 heterocycles. The number of nitrogens with zero attached hydrogens (tertiary/aromatic N) is 2. The van der Waals surface area contributed by atoms with E-state index in [0.29, 0.717) is 17.1 Å². The quantitative estimate of drug-likeness (QED) is 0.943. The first-order valence-electron chi connectivity index (χ1n) is 7.08. The molecule has 1 aliphatic rings. The maximum atomic E-state index is 12.3. The lowest BCUT2D eigenvalue weighted by Crippen LogP contribution is -2.36. The van der Waals surface area contributed by atoms with Gasteiger partial charge in [-0.1, -0.05) is 18.2 Å². The van der Waals surface area contributed by atoms with Crippen LogP contribution in [0.5, 0.6) is 5.75 Å². The molecule has 0 bridgehead atoms. The number of amides is 2. The molecule has 0 atom stereocenters. The van der Waals surface area contributed by atoms with Gasteiger partial charge in [-0.2, -0.15) is 4.99 Å². The number of para-hydroxylation sites is 1. The Kier molecular flexibility index (Phi) is 4.05. The number of aliphatic imine (C=N–C) groups is 1. The Morgan fingerprint density at radius 1 is 1.13 bits per heavy atom. The van der Waals surface area contributed by atoms with E-state index in [2.05, 4.69) is 10.4 Å². The third kappa shape index (κ3) is 3.21. The number of rotatable bonds is 3. The maximum absolute atomic E-state index is 12.3. The maximum Gasteiger partial charge on any atom is 0.278 e. The van der Waals surface area contributed by atoms with Crippen LogP contribution in [0.15, 0.2) is 59.6 Å². The summed E-state index contributed by atoms with van der Waals surface area (Å²) < 4.78 is 5.06. The largest absolute Gasteiger partial charge is 0.497 e.